The van der Waals surface area contributed by atoms with Gasteiger partial charge in [0.15, 0.2) is 0 Å². The highest BCUT2D eigenvalue weighted by atomic mass is 35.5. The van der Waals surface area contributed by atoms with Gasteiger partial charge in [0.2, 0.25) is 0 Å². The Bertz CT molecular complexity index is 909. The number of carbonyl (C=O) groups is 1. The molecule has 2 bridgehead atoms. The number of hydrogen-bond acceptors (Lipinski definition) is 4. The van der Waals surface area contributed by atoms with Crippen LogP contribution in [0.3, 0.4) is 0 Å². The molecule has 3 fully saturated rings. The summed E-state index contributed by atoms with van der Waals surface area (Å²) in [6.07, 6.45) is 4.67. The highest BCUT2D eigenvalue weighted by molar-refractivity contribution is 6.39. The number of halogens is 2. The number of nitrogens with zero attached hydrogens (tertiary/aromatic N) is 2. The fraction of sp³-hybridized carbons (Fsp3) is 0.524. The van der Waals surface area contributed by atoms with Crippen LogP contribution in [0.15, 0.2) is 22.7 Å². The number of aromatic nitrogens is 1. The van der Waals surface area contributed by atoms with Crippen molar-refractivity contribution in [1.29, 1.82) is 0 Å². The van der Waals surface area contributed by atoms with Crippen LogP contribution in [-0.2, 0) is 11.3 Å². The zero-order valence-corrected chi connectivity index (χ0v) is 17.3. The van der Waals surface area contributed by atoms with E-state index in [-0.39, 0.29) is 18.2 Å². The fourth-order valence-electron chi connectivity index (χ4n) is 4.82. The monoisotopic (exact) mass is 436 g/mol. The Kier molecular flexibility index (Phi) is 4.96. The van der Waals surface area contributed by atoms with E-state index >= 15 is 0 Å². The molecule has 1 amide bonds. The number of amides is 1. The molecule has 3 atom stereocenters. The minimum atomic E-state index is -0.818. The number of hydrogen-bond donors (Lipinski definition) is 1. The summed E-state index contributed by atoms with van der Waals surface area (Å²) in [5.41, 5.74) is 2.23. The highest BCUT2D eigenvalue weighted by Gasteiger charge is 2.44. The third-order valence-corrected chi connectivity index (χ3v) is 6.97. The lowest BCUT2D eigenvalue weighted by Gasteiger charge is -2.36. The largest absolute Gasteiger partial charge is 0.465 e. The summed E-state index contributed by atoms with van der Waals surface area (Å²) in [5, 5.41) is 14.8. The summed E-state index contributed by atoms with van der Waals surface area (Å²) < 4.78 is 12.0. The second-order valence-electron chi connectivity index (χ2n) is 8.22. The third-order valence-electron chi connectivity index (χ3n) is 6.34. The lowest BCUT2D eigenvalue weighted by Crippen LogP contribution is -2.47. The van der Waals surface area contributed by atoms with Crippen molar-refractivity contribution >= 4 is 29.3 Å². The SMILES string of the molecule is O=C(O)N1[C@@H]2CC[C@H]1C[C@@H](OCc1c(-c3c(Cl)cccc3Cl)noc1C1CC1)C2. The first-order valence-electron chi connectivity index (χ1n) is 10.1. The minimum Gasteiger partial charge on any atom is -0.465 e. The van der Waals surface area contributed by atoms with Crippen LogP contribution in [0.2, 0.25) is 10.0 Å². The highest BCUT2D eigenvalue weighted by Crippen LogP contribution is 2.46. The molecule has 0 spiro atoms. The number of piperidine rings is 1. The van der Waals surface area contributed by atoms with Gasteiger partial charge in [0.05, 0.1) is 22.8 Å². The summed E-state index contributed by atoms with van der Waals surface area (Å²) in [5.74, 6) is 1.24. The van der Waals surface area contributed by atoms with Crippen LogP contribution in [-0.4, -0.2) is 39.4 Å². The molecular weight excluding hydrogens is 415 g/mol. The van der Waals surface area contributed by atoms with Crippen LogP contribution < -0.4 is 0 Å². The smallest absolute Gasteiger partial charge is 0.407 e. The Balaban J connectivity index is 1.38. The molecule has 6 nitrogen and oxygen atoms in total. The molecule has 2 aliphatic heterocycles. The fourth-order valence-corrected chi connectivity index (χ4v) is 5.40. The van der Waals surface area contributed by atoms with Crippen molar-refractivity contribution in [3.63, 3.8) is 0 Å². The molecule has 0 radical (unpaired) electrons. The van der Waals surface area contributed by atoms with Crippen molar-refractivity contribution in [3.8, 4) is 11.3 Å². The molecule has 2 aromatic rings. The van der Waals surface area contributed by atoms with Gasteiger partial charge in [-0.1, -0.05) is 34.4 Å². The van der Waals surface area contributed by atoms with Gasteiger partial charge >= 0.3 is 6.09 Å². The minimum absolute atomic E-state index is 0.0274. The van der Waals surface area contributed by atoms with Crippen molar-refractivity contribution in [2.45, 2.75) is 69.2 Å². The maximum Gasteiger partial charge on any atom is 0.407 e. The van der Waals surface area contributed by atoms with Crippen LogP contribution in [0, 0.1) is 0 Å². The summed E-state index contributed by atoms with van der Waals surface area (Å²) in [6, 6.07) is 5.49. The Morgan fingerprint density at radius 1 is 1.17 bits per heavy atom. The predicted octanol–water partition coefficient (Wildman–Crippen LogP) is 5.72. The molecule has 1 aromatic carbocycles. The molecule has 3 aliphatic rings. The van der Waals surface area contributed by atoms with Gasteiger partial charge in [0, 0.05) is 29.1 Å². The van der Waals surface area contributed by atoms with Gasteiger partial charge in [-0.05, 0) is 50.7 Å². The van der Waals surface area contributed by atoms with Gasteiger partial charge in [-0.2, -0.15) is 0 Å². The molecule has 29 heavy (non-hydrogen) atoms. The summed E-state index contributed by atoms with van der Waals surface area (Å²) in [4.78, 5) is 13.1. The van der Waals surface area contributed by atoms with Crippen LogP contribution in [0.4, 0.5) is 4.79 Å². The summed E-state index contributed by atoms with van der Waals surface area (Å²) >= 11 is 12.8. The van der Waals surface area contributed by atoms with Crippen molar-refractivity contribution in [1.82, 2.24) is 10.1 Å². The molecule has 5 rings (SSSR count). The van der Waals surface area contributed by atoms with E-state index in [1.165, 1.54) is 0 Å². The van der Waals surface area contributed by atoms with Gasteiger partial charge in [0.25, 0.3) is 0 Å². The van der Waals surface area contributed by atoms with Crippen LogP contribution >= 0.6 is 23.2 Å². The molecule has 154 valence electrons. The van der Waals surface area contributed by atoms with Gasteiger partial charge in [-0.3, -0.25) is 0 Å². The lowest BCUT2D eigenvalue weighted by molar-refractivity contribution is -0.0227. The van der Waals surface area contributed by atoms with E-state index in [9.17, 15) is 9.90 Å². The average Bonchev–Trinajstić information content (AvgIpc) is 3.38. The first kappa shape index (κ1) is 19.2. The van der Waals surface area contributed by atoms with Crippen LogP contribution in [0.1, 0.15) is 55.8 Å². The number of ether oxygens (including phenoxy) is 1. The number of fused-ring (bicyclic) bond motifs is 2. The Morgan fingerprint density at radius 3 is 2.41 bits per heavy atom. The predicted molar refractivity (Wildman–Crippen MR) is 108 cm³/mol. The van der Waals surface area contributed by atoms with E-state index in [4.69, 9.17) is 32.5 Å². The van der Waals surface area contributed by atoms with E-state index in [0.717, 1.165) is 49.8 Å². The van der Waals surface area contributed by atoms with Crippen molar-refractivity contribution in [2.75, 3.05) is 0 Å². The standard InChI is InChI=1S/C21H22Cl2N2O4/c22-16-2-1-3-17(23)18(16)19-15(20(29-24-19)11-4-5-11)10-28-14-8-12-6-7-13(9-14)25(12)21(26)27/h1-3,11-14H,4-10H2,(H,26,27)/t12-,13+,14+. The molecule has 1 aromatic heterocycles. The van der Waals surface area contributed by atoms with Gasteiger partial charge in [-0.15, -0.1) is 0 Å². The van der Waals surface area contributed by atoms with E-state index in [2.05, 4.69) is 5.16 Å². The Hall–Kier alpha value is -1.76. The number of rotatable bonds is 5. The average molecular weight is 437 g/mol. The van der Waals surface area contributed by atoms with Crippen molar-refractivity contribution in [2.24, 2.45) is 0 Å². The Morgan fingerprint density at radius 2 is 1.83 bits per heavy atom. The first-order valence-corrected chi connectivity index (χ1v) is 10.8. The third kappa shape index (κ3) is 3.51. The summed E-state index contributed by atoms with van der Waals surface area (Å²) in [6.45, 7) is 0.364. The van der Waals surface area contributed by atoms with E-state index < -0.39 is 6.09 Å². The molecule has 2 saturated heterocycles. The maximum atomic E-state index is 11.5. The van der Waals surface area contributed by atoms with Crippen LogP contribution in [0.5, 0.6) is 0 Å². The topological polar surface area (TPSA) is 75.8 Å². The zero-order chi connectivity index (χ0) is 20.1. The van der Waals surface area contributed by atoms with E-state index in [1.807, 2.05) is 0 Å². The molecule has 1 saturated carbocycles. The second-order valence-corrected chi connectivity index (χ2v) is 9.04. The summed E-state index contributed by atoms with van der Waals surface area (Å²) in [7, 11) is 0. The zero-order valence-electron chi connectivity index (χ0n) is 15.8. The molecule has 0 unspecified atom stereocenters. The molecular formula is C21H22Cl2N2O4. The molecule has 3 heterocycles. The van der Waals surface area contributed by atoms with Crippen molar-refractivity contribution in [3.05, 3.63) is 39.6 Å². The Labute approximate surface area is 178 Å². The van der Waals surface area contributed by atoms with Crippen molar-refractivity contribution < 1.29 is 19.2 Å². The molecule has 8 heteroatoms. The quantitative estimate of drug-likeness (QED) is 0.648. The number of carboxylic acid groups (broad SMARTS) is 1. The number of benzene rings is 1. The normalized spacial score (nSPS) is 26.1. The molecule has 1 aliphatic carbocycles. The van der Waals surface area contributed by atoms with E-state index in [1.54, 1.807) is 23.1 Å². The van der Waals surface area contributed by atoms with Gasteiger partial charge < -0.3 is 19.3 Å². The molecule has 1 N–H and O–H groups in total. The van der Waals surface area contributed by atoms with Gasteiger partial charge in [-0.25, -0.2) is 4.79 Å². The van der Waals surface area contributed by atoms with Crippen LogP contribution in [0.25, 0.3) is 11.3 Å². The first-order chi connectivity index (χ1) is 14.0. The maximum absolute atomic E-state index is 11.5. The van der Waals surface area contributed by atoms with Gasteiger partial charge in [0.1, 0.15) is 11.5 Å². The lowest BCUT2D eigenvalue weighted by atomic mass is 10.00. The van der Waals surface area contributed by atoms with E-state index in [0.29, 0.717) is 33.8 Å². The second kappa shape index (κ2) is 7.49.